The summed E-state index contributed by atoms with van der Waals surface area (Å²) < 4.78 is 0. The number of carbonyl (C=O) groups is 2. The van der Waals surface area contributed by atoms with Gasteiger partial charge in [-0.25, -0.2) is 0 Å². The first-order chi connectivity index (χ1) is 10.5. The zero-order valence-electron chi connectivity index (χ0n) is 11.8. The van der Waals surface area contributed by atoms with Gasteiger partial charge in [-0.05, 0) is 42.5 Å². The van der Waals surface area contributed by atoms with E-state index in [1.165, 1.54) is 4.90 Å². The number of nitrogens with one attached hydrogen (secondary N) is 1. The molecule has 0 aliphatic heterocycles. The summed E-state index contributed by atoms with van der Waals surface area (Å²) in [6, 6.07) is 13.3. The van der Waals surface area contributed by atoms with Crippen LogP contribution < -0.4 is 5.32 Å². The fourth-order valence-electron chi connectivity index (χ4n) is 1.87. The Morgan fingerprint density at radius 2 is 1.73 bits per heavy atom. The summed E-state index contributed by atoms with van der Waals surface area (Å²) in [5, 5.41) is 3.78. The third-order valence-electron chi connectivity index (χ3n) is 2.93. The van der Waals surface area contributed by atoms with Gasteiger partial charge in [0.2, 0.25) is 5.91 Å². The van der Waals surface area contributed by atoms with Gasteiger partial charge >= 0.3 is 0 Å². The van der Waals surface area contributed by atoms with Crippen molar-refractivity contribution in [3.8, 4) is 0 Å². The Kier molecular flexibility index (Phi) is 5.41. The number of rotatable bonds is 4. The highest BCUT2D eigenvalue weighted by molar-refractivity contribution is 6.31. The van der Waals surface area contributed by atoms with E-state index < -0.39 is 0 Å². The zero-order valence-corrected chi connectivity index (χ0v) is 13.4. The lowest BCUT2D eigenvalue weighted by Gasteiger charge is -2.17. The Labute approximate surface area is 138 Å². The Morgan fingerprint density at radius 3 is 2.36 bits per heavy atom. The number of nitrogens with zero attached hydrogens (tertiary/aromatic N) is 1. The molecule has 0 saturated heterocycles. The number of hydrogen-bond acceptors (Lipinski definition) is 2. The molecule has 0 bridgehead atoms. The number of likely N-dealkylation sites (N-methyl/N-ethyl adjacent to an activating group) is 1. The first-order valence-electron chi connectivity index (χ1n) is 6.52. The molecule has 0 fully saturated rings. The summed E-state index contributed by atoms with van der Waals surface area (Å²) in [4.78, 5) is 25.5. The lowest BCUT2D eigenvalue weighted by Crippen LogP contribution is -2.34. The summed E-state index contributed by atoms with van der Waals surface area (Å²) in [5.41, 5.74) is 1.06. The molecule has 2 aromatic rings. The quantitative estimate of drug-likeness (QED) is 0.925. The smallest absolute Gasteiger partial charge is 0.254 e. The van der Waals surface area contributed by atoms with E-state index in [4.69, 9.17) is 23.2 Å². The number of anilines is 1. The Hall–Kier alpha value is -2.04. The molecule has 1 N–H and O–H groups in total. The van der Waals surface area contributed by atoms with Gasteiger partial charge < -0.3 is 10.2 Å². The maximum absolute atomic E-state index is 12.2. The third-order valence-corrected chi connectivity index (χ3v) is 3.41. The van der Waals surface area contributed by atoms with Crippen molar-refractivity contribution < 1.29 is 9.59 Å². The van der Waals surface area contributed by atoms with Crippen LogP contribution in [0, 0.1) is 0 Å². The average molecular weight is 337 g/mol. The molecule has 114 valence electrons. The number of benzene rings is 2. The van der Waals surface area contributed by atoms with Gasteiger partial charge in [-0.2, -0.15) is 0 Å². The monoisotopic (exact) mass is 336 g/mol. The largest absolute Gasteiger partial charge is 0.332 e. The van der Waals surface area contributed by atoms with Crippen molar-refractivity contribution in [2.45, 2.75) is 0 Å². The van der Waals surface area contributed by atoms with Crippen LogP contribution in [0.15, 0.2) is 48.5 Å². The predicted molar refractivity (Wildman–Crippen MR) is 88.5 cm³/mol. The van der Waals surface area contributed by atoms with Crippen molar-refractivity contribution in [1.82, 2.24) is 4.90 Å². The normalized spacial score (nSPS) is 10.1. The summed E-state index contributed by atoms with van der Waals surface area (Å²) >= 11 is 11.6. The standard InChI is InChI=1S/C16H14Cl2N2O2/c1-20(16(22)11-5-7-12(17)8-6-11)10-15(21)19-14-4-2-3-13(18)9-14/h2-9H,10H2,1H3,(H,19,21). The van der Waals surface area contributed by atoms with E-state index in [2.05, 4.69) is 5.32 Å². The highest BCUT2D eigenvalue weighted by atomic mass is 35.5. The van der Waals surface area contributed by atoms with E-state index in [0.717, 1.165) is 0 Å². The van der Waals surface area contributed by atoms with Crippen LogP contribution in [0.1, 0.15) is 10.4 Å². The maximum Gasteiger partial charge on any atom is 0.254 e. The Morgan fingerprint density at radius 1 is 1.05 bits per heavy atom. The van der Waals surface area contributed by atoms with E-state index >= 15 is 0 Å². The average Bonchev–Trinajstić information content (AvgIpc) is 2.47. The molecule has 22 heavy (non-hydrogen) atoms. The van der Waals surface area contributed by atoms with Crippen LogP contribution in [0.3, 0.4) is 0 Å². The van der Waals surface area contributed by atoms with Crippen molar-refractivity contribution in [2.24, 2.45) is 0 Å². The zero-order chi connectivity index (χ0) is 16.1. The van der Waals surface area contributed by atoms with E-state index in [9.17, 15) is 9.59 Å². The minimum atomic E-state index is -0.299. The highest BCUT2D eigenvalue weighted by Gasteiger charge is 2.15. The van der Waals surface area contributed by atoms with Gasteiger partial charge in [0.05, 0.1) is 6.54 Å². The number of hydrogen-bond donors (Lipinski definition) is 1. The molecule has 0 unspecified atom stereocenters. The number of amides is 2. The SMILES string of the molecule is CN(CC(=O)Nc1cccc(Cl)c1)C(=O)c1ccc(Cl)cc1. The topological polar surface area (TPSA) is 49.4 Å². The molecule has 0 spiro atoms. The van der Waals surface area contributed by atoms with Crippen LogP contribution in [-0.4, -0.2) is 30.3 Å². The van der Waals surface area contributed by atoms with Gasteiger partial charge in [0.15, 0.2) is 0 Å². The van der Waals surface area contributed by atoms with E-state index in [1.54, 1.807) is 55.6 Å². The number of halogens is 2. The van der Waals surface area contributed by atoms with Gasteiger partial charge in [-0.15, -0.1) is 0 Å². The number of carbonyl (C=O) groups excluding carboxylic acids is 2. The molecule has 4 nitrogen and oxygen atoms in total. The molecule has 0 aliphatic carbocycles. The molecule has 0 saturated carbocycles. The Bertz CT molecular complexity index is 687. The molecule has 2 aromatic carbocycles. The van der Waals surface area contributed by atoms with Crippen LogP contribution in [-0.2, 0) is 4.79 Å². The lowest BCUT2D eigenvalue weighted by molar-refractivity contribution is -0.116. The van der Waals surface area contributed by atoms with Crippen LogP contribution in [0.2, 0.25) is 10.0 Å². The summed E-state index contributed by atoms with van der Waals surface area (Å²) in [5.74, 6) is -0.551. The first-order valence-corrected chi connectivity index (χ1v) is 7.28. The second-order valence-corrected chi connectivity index (χ2v) is 5.60. The first kappa shape index (κ1) is 16.3. The van der Waals surface area contributed by atoms with Crippen molar-refractivity contribution in [3.05, 3.63) is 64.1 Å². The van der Waals surface area contributed by atoms with Crippen LogP contribution in [0.25, 0.3) is 0 Å². The molecule has 0 aliphatic rings. The van der Waals surface area contributed by atoms with Crippen molar-refractivity contribution in [1.29, 1.82) is 0 Å². The predicted octanol–water partition coefficient (Wildman–Crippen LogP) is 3.70. The van der Waals surface area contributed by atoms with Gasteiger partial charge in [-0.1, -0.05) is 29.3 Å². The van der Waals surface area contributed by atoms with Crippen LogP contribution in [0.4, 0.5) is 5.69 Å². The molecule has 0 aromatic heterocycles. The Balaban J connectivity index is 1.96. The molecule has 2 rings (SSSR count). The van der Waals surface area contributed by atoms with Gasteiger partial charge in [0, 0.05) is 28.3 Å². The maximum atomic E-state index is 12.2. The summed E-state index contributed by atoms with van der Waals surface area (Å²) in [7, 11) is 1.56. The second-order valence-electron chi connectivity index (χ2n) is 4.73. The van der Waals surface area contributed by atoms with Gasteiger partial charge in [0.25, 0.3) is 5.91 Å². The second kappa shape index (κ2) is 7.29. The van der Waals surface area contributed by atoms with Crippen LogP contribution >= 0.6 is 23.2 Å². The van der Waals surface area contributed by atoms with Gasteiger partial charge in [-0.3, -0.25) is 9.59 Å². The molecule has 6 heteroatoms. The fraction of sp³-hybridized carbons (Fsp3) is 0.125. The van der Waals surface area contributed by atoms with Crippen LogP contribution in [0.5, 0.6) is 0 Å². The molecule has 0 atom stereocenters. The molecule has 2 amide bonds. The highest BCUT2D eigenvalue weighted by Crippen LogP contribution is 2.15. The van der Waals surface area contributed by atoms with Crippen molar-refractivity contribution in [3.63, 3.8) is 0 Å². The summed E-state index contributed by atoms with van der Waals surface area (Å²) in [6.07, 6.45) is 0. The summed E-state index contributed by atoms with van der Waals surface area (Å²) in [6.45, 7) is -0.0615. The van der Waals surface area contributed by atoms with E-state index in [0.29, 0.717) is 21.3 Å². The van der Waals surface area contributed by atoms with E-state index in [-0.39, 0.29) is 18.4 Å². The van der Waals surface area contributed by atoms with Crippen molar-refractivity contribution in [2.75, 3.05) is 18.9 Å². The fourth-order valence-corrected chi connectivity index (χ4v) is 2.18. The lowest BCUT2D eigenvalue weighted by atomic mass is 10.2. The third kappa shape index (κ3) is 4.48. The van der Waals surface area contributed by atoms with Gasteiger partial charge in [0.1, 0.15) is 0 Å². The minimum Gasteiger partial charge on any atom is -0.332 e. The molecule has 0 heterocycles. The molecule has 0 radical (unpaired) electrons. The molecular weight excluding hydrogens is 323 g/mol. The van der Waals surface area contributed by atoms with E-state index in [1.807, 2.05) is 0 Å². The van der Waals surface area contributed by atoms with Crippen molar-refractivity contribution >= 4 is 40.7 Å². The minimum absolute atomic E-state index is 0.0615. The molecular formula is C16H14Cl2N2O2.